The zero-order valence-corrected chi connectivity index (χ0v) is 13.0. The molecule has 0 aliphatic rings. The van der Waals surface area contributed by atoms with Crippen LogP contribution in [0.3, 0.4) is 0 Å². The summed E-state index contributed by atoms with van der Waals surface area (Å²) in [4.78, 5) is 22.1. The number of nitrogens with one attached hydrogen (secondary N) is 1. The van der Waals surface area contributed by atoms with Crippen molar-refractivity contribution in [3.8, 4) is 5.75 Å². The smallest absolute Gasteiger partial charge is 0.341 e. The van der Waals surface area contributed by atoms with Gasteiger partial charge in [-0.15, -0.1) is 0 Å². The molecule has 24 heavy (non-hydrogen) atoms. The zero-order valence-electron chi connectivity index (χ0n) is 13.0. The Balaban J connectivity index is 2.24. The van der Waals surface area contributed by atoms with Gasteiger partial charge in [0.2, 0.25) is 0 Å². The topological polar surface area (TPSA) is 90.7 Å². The number of nitrogens with zero attached hydrogens (tertiary/aromatic N) is 1. The summed E-state index contributed by atoms with van der Waals surface area (Å²) in [6, 6.07) is 8.13. The van der Waals surface area contributed by atoms with Crippen LogP contribution in [0.15, 0.2) is 36.4 Å². The lowest BCUT2D eigenvalue weighted by Gasteiger charge is -2.11. The number of hydrogen-bond acceptors (Lipinski definition) is 6. The van der Waals surface area contributed by atoms with E-state index in [4.69, 9.17) is 4.74 Å². The van der Waals surface area contributed by atoms with E-state index in [1.54, 1.807) is 18.2 Å². The molecule has 2 aromatic carbocycles. The summed E-state index contributed by atoms with van der Waals surface area (Å²) < 4.78 is 22.9. The lowest BCUT2D eigenvalue weighted by atomic mass is 10.1. The first kappa shape index (κ1) is 17.2. The second kappa shape index (κ2) is 7.40. The predicted molar refractivity (Wildman–Crippen MR) is 84.7 cm³/mol. The number of benzene rings is 2. The van der Waals surface area contributed by atoms with Crippen LogP contribution in [0, 0.1) is 15.9 Å². The van der Waals surface area contributed by atoms with Gasteiger partial charge >= 0.3 is 5.97 Å². The minimum atomic E-state index is -0.690. The van der Waals surface area contributed by atoms with Crippen molar-refractivity contribution >= 4 is 17.3 Å². The Kier molecular flexibility index (Phi) is 5.31. The van der Waals surface area contributed by atoms with Crippen molar-refractivity contribution in [3.05, 3.63) is 63.5 Å². The maximum absolute atomic E-state index is 13.1. The van der Waals surface area contributed by atoms with E-state index in [2.05, 4.69) is 10.1 Å². The monoisotopic (exact) mass is 334 g/mol. The third kappa shape index (κ3) is 3.78. The molecule has 0 aliphatic carbocycles. The van der Waals surface area contributed by atoms with Crippen LogP contribution in [0.4, 0.5) is 15.8 Å². The number of carbonyl (C=O) groups is 1. The quantitative estimate of drug-likeness (QED) is 0.496. The first-order valence-corrected chi connectivity index (χ1v) is 6.89. The molecule has 0 radical (unpaired) electrons. The van der Waals surface area contributed by atoms with Crippen LogP contribution in [-0.2, 0) is 11.3 Å². The second-order valence-corrected chi connectivity index (χ2v) is 4.80. The molecule has 0 aromatic heterocycles. The summed E-state index contributed by atoms with van der Waals surface area (Å²) in [5, 5.41) is 13.8. The van der Waals surface area contributed by atoms with Gasteiger partial charge in [-0.3, -0.25) is 10.1 Å². The normalized spacial score (nSPS) is 10.1. The minimum Gasteiger partial charge on any atom is -0.496 e. The van der Waals surface area contributed by atoms with Crippen LogP contribution in [0.5, 0.6) is 5.75 Å². The molecule has 8 heteroatoms. The van der Waals surface area contributed by atoms with Crippen molar-refractivity contribution in [2.24, 2.45) is 0 Å². The number of rotatable bonds is 6. The maximum atomic E-state index is 13.1. The van der Waals surface area contributed by atoms with Crippen LogP contribution in [0.25, 0.3) is 0 Å². The Bertz CT molecular complexity index is 779. The van der Waals surface area contributed by atoms with Crippen molar-refractivity contribution in [3.63, 3.8) is 0 Å². The molecule has 7 nitrogen and oxygen atoms in total. The zero-order chi connectivity index (χ0) is 17.7. The Hall–Kier alpha value is -3.16. The van der Waals surface area contributed by atoms with Crippen LogP contribution in [-0.4, -0.2) is 25.1 Å². The summed E-state index contributed by atoms with van der Waals surface area (Å²) >= 11 is 0. The molecule has 1 N–H and O–H groups in total. The van der Waals surface area contributed by atoms with Gasteiger partial charge in [-0.05, 0) is 29.8 Å². The highest BCUT2D eigenvalue weighted by Gasteiger charge is 2.16. The number of nitro groups is 1. The van der Waals surface area contributed by atoms with E-state index in [0.717, 1.165) is 12.1 Å². The Morgan fingerprint density at radius 1 is 1.25 bits per heavy atom. The summed E-state index contributed by atoms with van der Waals surface area (Å²) in [5.74, 6) is -0.885. The number of nitro benzene ring substituents is 1. The van der Waals surface area contributed by atoms with Gasteiger partial charge in [0.25, 0.3) is 5.69 Å². The standard InChI is InChI=1S/C16H15FN2O5/c1-23-15-6-3-10(7-12(15)16(20)24-2)9-18-13-5-4-11(17)8-14(13)19(21)22/h3-8,18H,9H2,1-2H3. The average molecular weight is 334 g/mol. The summed E-state index contributed by atoms with van der Waals surface area (Å²) in [6.45, 7) is 0.195. The van der Waals surface area contributed by atoms with E-state index < -0.39 is 16.7 Å². The maximum Gasteiger partial charge on any atom is 0.341 e. The third-order valence-electron chi connectivity index (χ3n) is 3.31. The summed E-state index contributed by atoms with van der Waals surface area (Å²) in [6.07, 6.45) is 0. The third-order valence-corrected chi connectivity index (χ3v) is 3.31. The molecule has 0 saturated carbocycles. The number of halogens is 1. The Morgan fingerprint density at radius 3 is 2.62 bits per heavy atom. The van der Waals surface area contributed by atoms with Gasteiger partial charge in [-0.1, -0.05) is 6.07 Å². The molecule has 2 aromatic rings. The van der Waals surface area contributed by atoms with Gasteiger partial charge in [-0.2, -0.15) is 0 Å². The molecule has 0 aliphatic heterocycles. The van der Waals surface area contributed by atoms with Crippen LogP contribution >= 0.6 is 0 Å². The molecule has 0 fully saturated rings. The van der Waals surface area contributed by atoms with Gasteiger partial charge in [0.15, 0.2) is 0 Å². The van der Waals surface area contributed by atoms with E-state index in [1.807, 2.05) is 0 Å². The van der Waals surface area contributed by atoms with E-state index in [1.165, 1.54) is 20.3 Å². The number of carbonyl (C=O) groups excluding carboxylic acids is 1. The van der Waals surface area contributed by atoms with Gasteiger partial charge < -0.3 is 14.8 Å². The molecular formula is C16H15FN2O5. The highest BCUT2D eigenvalue weighted by Crippen LogP contribution is 2.26. The van der Waals surface area contributed by atoms with E-state index in [9.17, 15) is 19.3 Å². The molecule has 0 saturated heterocycles. The predicted octanol–water partition coefficient (Wildman–Crippen LogP) is 3.14. The highest BCUT2D eigenvalue weighted by molar-refractivity contribution is 5.92. The fourth-order valence-corrected chi connectivity index (χ4v) is 2.14. The molecule has 126 valence electrons. The minimum absolute atomic E-state index is 0.178. The largest absolute Gasteiger partial charge is 0.496 e. The SMILES string of the molecule is COC(=O)c1cc(CNc2ccc(F)cc2[N+](=O)[O-])ccc1OC. The Morgan fingerprint density at radius 2 is 2.00 bits per heavy atom. The lowest BCUT2D eigenvalue weighted by molar-refractivity contribution is -0.384. The van der Waals surface area contributed by atoms with Gasteiger partial charge in [0.1, 0.15) is 22.8 Å². The summed E-state index contributed by atoms with van der Waals surface area (Å²) in [7, 11) is 2.69. The van der Waals surface area contributed by atoms with Crippen LogP contribution in [0.2, 0.25) is 0 Å². The van der Waals surface area contributed by atoms with Crippen molar-refractivity contribution in [1.29, 1.82) is 0 Å². The van der Waals surface area contributed by atoms with Gasteiger partial charge in [0.05, 0.1) is 25.2 Å². The molecule has 2 rings (SSSR count). The first-order valence-electron chi connectivity index (χ1n) is 6.89. The molecule has 0 atom stereocenters. The fourth-order valence-electron chi connectivity index (χ4n) is 2.14. The Labute approximate surface area is 137 Å². The molecular weight excluding hydrogens is 319 g/mol. The van der Waals surface area contributed by atoms with Crippen molar-refractivity contribution < 1.29 is 23.6 Å². The second-order valence-electron chi connectivity index (χ2n) is 4.80. The highest BCUT2D eigenvalue weighted by atomic mass is 19.1. The number of esters is 1. The number of ether oxygens (including phenoxy) is 2. The molecule has 0 unspecified atom stereocenters. The first-order chi connectivity index (χ1) is 11.5. The van der Waals surface area contributed by atoms with Gasteiger partial charge in [0, 0.05) is 6.54 Å². The van der Waals surface area contributed by atoms with Crippen LogP contribution in [0.1, 0.15) is 15.9 Å². The van der Waals surface area contributed by atoms with Crippen LogP contribution < -0.4 is 10.1 Å². The van der Waals surface area contributed by atoms with Crippen molar-refractivity contribution in [2.75, 3.05) is 19.5 Å². The fraction of sp³-hybridized carbons (Fsp3) is 0.188. The van der Waals surface area contributed by atoms with E-state index in [0.29, 0.717) is 11.3 Å². The average Bonchev–Trinajstić information content (AvgIpc) is 2.59. The van der Waals surface area contributed by atoms with E-state index >= 15 is 0 Å². The van der Waals surface area contributed by atoms with E-state index in [-0.39, 0.29) is 23.5 Å². The van der Waals surface area contributed by atoms with Crippen molar-refractivity contribution in [1.82, 2.24) is 0 Å². The lowest BCUT2D eigenvalue weighted by Crippen LogP contribution is -2.07. The molecule has 0 heterocycles. The van der Waals surface area contributed by atoms with Gasteiger partial charge in [-0.25, -0.2) is 9.18 Å². The number of anilines is 1. The summed E-state index contributed by atoms with van der Waals surface area (Å²) in [5.41, 5.74) is 0.733. The molecule has 0 amide bonds. The number of hydrogen-bond donors (Lipinski definition) is 1. The molecule has 0 bridgehead atoms. The number of methoxy groups -OCH3 is 2. The molecule has 0 spiro atoms. The van der Waals surface area contributed by atoms with Crippen molar-refractivity contribution in [2.45, 2.75) is 6.54 Å².